The number of nitrogens with zero attached hydrogens (tertiary/aromatic N) is 3. The van der Waals surface area contributed by atoms with Gasteiger partial charge in [0.2, 0.25) is 5.88 Å². The molecule has 6 heteroatoms. The number of hydrogen-bond donors (Lipinski definition) is 0. The molecule has 2 aromatic heterocycles. The van der Waals surface area contributed by atoms with Crippen LogP contribution in [0.15, 0.2) is 65.7 Å². The van der Waals surface area contributed by atoms with Gasteiger partial charge in [-0.15, -0.1) is 23.1 Å². The molecule has 2 aliphatic rings. The molecular weight excluding hydrogens is 422 g/mol. The summed E-state index contributed by atoms with van der Waals surface area (Å²) in [5.41, 5.74) is 4.18. The van der Waals surface area contributed by atoms with Gasteiger partial charge < -0.3 is 4.74 Å². The van der Waals surface area contributed by atoms with Crippen LogP contribution in [0.4, 0.5) is 0 Å². The fraction of sp³-hybridized carbons (Fsp3) is 0.280. The van der Waals surface area contributed by atoms with Gasteiger partial charge in [0, 0.05) is 33.6 Å². The van der Waals surface area contributed by atoms with Crippen LogP contribution in [-0.2, 0) is 0 Å². The fourth-order valence-electron chi connectivity index (χ4n) is 4.75. The number of hydrogen-bond acceptors (Lipinski definition) is 5. The lowest BCUT2D eigenvalue weighted by molar-refractivity contribution is 0.0205. The Hall–Kier alpha value is -2.57. The van der Waals surface area contributed by atoms with Crippen LogP contribution in [0.1, 0.15) is 35.9 Å². The van der Waals surface area contributed by atoms with E-state index >= 15 is 0 Å². The van der Waals surface area contributed by atoms with Crippen LogP contribution in [0.2, 0.25) is 0 Å². The van der Waals surface area contributed by atoms with E-state index in [9.17, 15) is 0 Å². The van der Waals surface area contributed by atoms with Gasteiger partial charge in [-0.05, 0) is 32.9 Å². The van der Waals surface area contributed by atoms with E-state index in [4.69, 9.17) is 14.8 Å². The van der Waals surface area contributed by atoms with Crippen LogP contribution in [0.3, 0.4) is 0 Å². The number of fused-ring (bicyclic) bond motifs is 5. The number of thioether (sulfide) groups is 1. The van der Waals surface area contributed by atoms with Gasteiger partial charge in [0.15, 0.2) is 0 Å². The van der Waals surface area contributed by atoms with Crippen molar-refractivity contribution in [2.24, 2.45) is 5.92 Å². The highest BCUT2D eigenvalue weighted by Crippen LogP contribution is 2.57. The van der Waals surface area contributed by atoms with Crippen LogP contribution >= 0.6 is 23.1 Å². The molecule has 0 amide bonds. The molecule has 0 aliphatic carbocycles. The lowest BCUT2D eigenvalue weighted by Crippen LogP contribution is -2.47. The lowest BCUT2D eigenvalue weighted by Gasteiger charge is -2.45. The molecule has 4 heterocycles. The summed E-state index contributed by atoms with van der Waals surface area (Å²) in [6, 6.07) is 20.8. The van der Waals surface area contributed by atoms with E-state index in [1.807, 2.05) is 46.0 Å². The van der Waals surface area contributed by atoms with E-state index in [0.717, 1.165) is 28.0 Å². The maximum Gasteiger partial charge on any atom is 0.221 e. The van der Waals surface area contributed by atoms with Crippen molar-refractivity contribution in [3.05, 3.63) is 76.8 Å². The number of ether oxygens (including phenoxy) is 1. The number of thiazole rings is 1. The Morgan fingerprint density at radius 2 is 1.74 bits per heavy atom. The average molecular weight is 446 g/mol. The van der Waals surface area contributed by atoms with Gasteiger partial charge in [-0.3, -0.25) is 0 Å². The highest BCUT2D eigenvalue weighted by atomic mass is 32.2. The summed E-state index contributed by atoms with van der Waals surface area (Å²) in [6.07, 6.45) is 0. The molecule has 2 aliphatic heterocycles. The standard InChI is InChI=1S/C25H23N3OS2/c1-15-19-20-18(14-30-23-21(20)31-22(26-23)16-10-6-4-7-11-16)25(2,3)29-24(19)28(27-15)17-12-8-5-9-13-17/h4-13,18,20H,14H2,1-3H3/t18-,20+/m0/s1. The molecule has 0 fully saturated rings. The quantitative estimate of drug-likeness (QED) is 0.361. The first-order valence-corrected chi connectivity index (χ1v) is 12.4. The lowest BCUT2D eigenvalue weighted by atomic mass is 9.74. The second kappa shape index (κ2) is 6.97. The van der Waals surface area contributed by atoms with Crippen LogP contribution in [0, 0.1) is 12.8 Å². The van der Waals surface area contributed by atoms with Gasteiger partial charge in [-0.25, -0.2) is 9.67 Å². The Morgan fingerprint density at radius 1 is 1.03 bits per heavy atom. The summed E-state index contributed by atoms with van der Waals surface area (Å²) in [4.78, 5) is 6.40. The van der Waals surface area contributed by atoms with Gasteiger partial charge in [0.1, 0.15) is 15.6 Å². The molecule has 0 saturated heterocycles. The molecule has 0 bridgehead atoms. The van der Waals surface area contributed by atoms with Crippen molar-refractivity contribution in [1.29, 1.82) is 0 Å². The molecular formula is C25H23N3OS2. The third kappa shape index (κ3) is 2.96. The minimum Gasteiger partial charge on any atom is -0.471 e. The average Bonchev–Trinajstić information content (AvgIpc) is 3.36. The van der Waals surface area contributed by atoms with E-state index in [-0.39, 0.29) is 11.5 Å². The van der Waals surface area contributed by atoms with E-state index in [1.165, 1.54) is 21.0 Å². The third-order valence-electron chi connectivity index (χ3n) is 6.35. The highest BCUT2D eigenvalue weighted by molar-refractivity contribution is 7.99. The van der Waals surface area contributed by atoms with E-state index in [0.29, 0.717) is 5.92 Å². The second-order valence-electron chi connectivity index (χ2n) is 8.71. The maximum atomic E-state index is 6.67. The van der Waals surface area contributed by atoms with E-state index < -0.39 is 0 Å². The van der Waals surface area contributed by atoms with Crippen LogP contribution in [-0.4, -0.2) is 26.1 Å². The molecule has 0 radical (unpaired) electrons. The van der Waals surface area contributed by atoms with E-state index in [1.54, 1.807) is 0 Å². The molecule has 6 rings (SSSR count). The first kappa shape index (κ1) is 19.1. The van der Waals surface area contributed by atoms with Crippen molar-refractivity contribution in [2.45, 2.75) is 37.3 Å². The minimum atomic E-state index is -0.293. The topological polar surface area (TPSA) is 39.9 Å². The van der Waals surface area contributed by atoms with Crippen molar-refractivity contribution in [2.75, 3.05) is 5.75 Å². The van der Waals surface area contributed by atoms with Crippen molar-refractivity contribution in [3.8, 4) is 22.1 Å². The Bertz CT molecular complexity index is 1260. The fourth-order valence-corrected chi connectivity index (χ4v) is 7.60. The van der Waals surface area contributed by atoms with Crippen LogP contribution in [0.5, 0.6) is 5.88 Å². The summed E-state index contributed by atoms with van der Waals surface area (Å²) in [5.74, 6) is 2.50. The van der Waals surface area contributed by atoms with E-state index in [2.05, 4.69) is 63.2 Å². The Labute approximate surface area is 190 Å². The molecule has 0 N–H and O–H groups in total. The predicted molar refractivity (Wildman–Crippen MR) is 127 cm³/mol. The summed E-state index contributed by atoms with van der Waals surface area (Å²) in [6.45, 7) is 6.55. The molecule has 0 unspecified atom stereocenters. The van der Waals surface area contributed by atoms with Crippen molar-refractivity contribution >= 4 is 23.1 Å². The van der Waals surface area contributed by atoms with Gasteiger partial charge in [0.05, 0.1) is 11.4 Å². The molecule has 0 saturated carbocycles. The maximum absolute atomic E-state index is 6.67. The highest BCUT2D eigenvalue weighted by Gasteiger charge is 2.50. The predicted octanol–water partition coefficient (Wildman–Crippen LogP) is 6.33. The van der Waals surface area contributed by atoms with Gasteiger partial charge in [-0.2, -0.15) is 5.10 Å². The molecule has 156 valence electrons. The minimum absolute atomic E-state index is 0.252. The molecule has 31 heavy (non-hydrogen) atoms. The molecule has 2 atom stereocenters. The Morgan fingerprint density at radius 3 is 2.48 bits per heavy atom. The molecule has 2 aromatic carbocycles. The molecule has 4 nitrogen and oxygen atoms in total. The van der Waals surface area contributed by atoms with Crippen LogP contribution in [0.25, 0.3) is 16.3 Å². The van der Waals surface area contributed by atoms with Crippen molar-refractivity contribution in [3.63, 3.8) is 0 Å². The van der Waals surface area contributed by atoms with Crippen molar-refractivity contribution < 1.29 is 4.74 Å². The number of aryl methyl sites for hydroxylation is 1. The summed E-state index contributed by atoms with van der Waals surface area (Å²) in [5, 5.41) is 7.19. The van der Waals surface area contributed by atoms with Crippen molar-refractivity contribution in [1.82, 2.24) is 14.8 Å². The largest absolute Gasteiger partial charge is 0.471 e. The van der Waals surface area contributed by atoms with Gasteiger partial charge >= 0.3 is 0 Å². The smallest absolute Gasteiger partial charge is 0.221 e. The monoisotopic (exact) mass is 445 g/mol. The first-order chi connectivity index (χ1) is 15.0. The Kier molecular flexibility index (Phi) is 4.30. The first-order valence-electron chi connectivity index (χ1n) is 10.6. The third-order valence-corrected chi connectivity index (χ3v) is 8.78. The normalized spacial score (nSPS) is 21.0. The number of para-hydroxylation sites is 1. The zero-order chi connectivity index (χ0) is 21.2. The SMILES string of the molecule is Cc1nn(-c2ccccc2)c2c1[C@@H]1c3sc(-c4ccccc4)nc3SC[C@@H]1C(C)(C)O2. The molecule has 4 aromatic rings. The second-order valence-corrected chi connectivity index (χ2v) is 10.7. The van der Waals surface area contributed by atoms with Gasteiger partial charge in [0.25, 0.3) is 0 Å². The summed E-state index contributed by atoms with van der Waals surface area (Å²) < 4.78 is 8.65. The summed E-state index contributed by atoms with van der Waals surface area (Å²) in [7, 11) is 0. The Balaban J connectivity index is 1.55. The summed E-state index contributed by atoms with van der Waals surface area (Å²) >= 11 is 3.70. The number of benzene rings is 2. The zero-order valence-electron chi connectivity index (χ0n) is 17.7. The van der Waals surface area contributed by atoms with Crippen LogP contribution < -0.4 is 4.74 Å². The zero-order valence-corrected chi connectivity index (χ0v) is 19.3. The number of rotatable bonds is 2. The molecule has 0 spiro atoms. The number of aromatic nitrogens is 3. The van der Waals surface area contributed by atoms with Gasteiger partial charge in [-0.1, -0.05) is 48.5 Å².